The van der Waals surface area contributed by atoms with Crippen LogP contribution in [0.15, 0.2) is 41.0 Å². The van der Waals surface area contributed by atoms with Gasteiger partial charge in [-0.15, -0.1) is 0 Å². The van der Waals surface area contributed by atoms with Crippen molar-refractivity contribution < 1.29 is 18.7 Å². The van der Waals surface area contributed by atoms with Gasteiger partial charge in [0.15, 0.2) is 0 Å². The minimum absolute atomic E-state index is 0.485. The van der Waals surface area contributed by atoms with Crippen LogP contribution >= 0.6 is 0 Å². The van der Waals surface area contributed by atoms with Gasteiger partial charge in [-0.25, -0.2) is 9.78 Å². The summed E-state index contributed by atoms with van der Waals surface area (Å²) in [6.45, 7) is 3.68. The van der Waals surface area contributed by atoms with Crippen LogP contribution in [-0.4, -0.2) is 18.2 Å². The average Bonchev–Trinajstić information content (AvgIpc) is 3.05. The lowest BCUT2D eigenvalue weighted by molar-refractivity contribution is 0.0417. The van der Waals surface area contributed by atoms with Crippen LogP contribution in [0.3, 0.4) is 0 Å². The molecule has 0 atom stereocenters. The monoisotopic (exact) mass is 324 g/mol. The van der Waals surface area contributed by atoms with Gasteiger partial charge >= 0.3 is 6.09 Å². The molecule has 0 saturated heterocycles. The van der Waals surface area contributed by atoms with Crippen LogP contribution in [0.2, 0.25) is 0 Å². The molecule has 24 heavy (non-hydrogen) atoms. The standard InChI is InChI=1S/C18H16N2O4/c1-18(2)12-9-11-10(13-5-4-8-23-13)6-7-14(22-3)15(11)19-16(12)20-17(21)24-18/h4-9H,1-3H3,(H,19,20,21). The van der Waals surface area contributed by atoms with E-state index in [1.807, 2.05) is 44.2 Å². The fourth-order valence-corrected chi connectivity index (χ4v) is 3.01. The first kappa shape index (κ1) is 14.6. The Kier molecular flexibility index (Phi) is 3.03. The Morgan fingerprint density at radius 2 is 2.08 bits per heavy atom. The summed E-state index contributed by atoms with van der Waals surface area (Å²) >= 11 is 0. The second-order valence-corrected chi connectivity index (χ2v) is 6.10. The number of rotatable bonds is 2. The second kappa shape index (κ2) is 4.99. The molecule has 1 amide bonds. The molecule has 0 radical (unpaired) electrons. The Hall–Kier alpha value is -3.02. The Morgan fingerprint density at radius 1 is 1.25 bits per heavy atom. The number of benzene rings is 1. The van der Waals surface area contributed by atoms with Gasteiger partial charge in [0.1, 0.15) is 28.4 Å². The number of aromatic nitrogens is 1. The number of nitrogens with zero attached hydrogens (tertiary/aromatic N) is 1. The Morgan fingerprint density at radius 3 is 2.79 bits per heavy atom. The molecule has 0 bridgehead atoms. The molecule has 0 saturated carbocycles. The van der Waals surface area contributed by atoms with Crippen molar-refractivity contribution >= 4 is 22.8 Å². The minimum Gasteiger partial charge on any atom is -0.494 e. The number of anilines is 1. The molecular weight excluding hydrogens is 308 g/mol. The zero-order valence-electron chi connectivity index (χ0n) is 13.5. The highest BCUT2D eigenvalue weighted by atomic mass is 16.6. The summed E-state index contributed by atoms with van der Waals surface area (Å²) in [7, 11) is 1.59. The van der Waals surface area contributed by atoms with Gasteiger partial charge in [0.05, 0.1) is 13.4 Å². The maximum Gasteiger partial charge on any atom is 0.413 e. The van der Waals surface area contributed by atoms with Crippen molar-refractivity contribution in [3.8, 4) is 17.1 Å². The first-order valence-electron chi connectivity index (χ1n) is 7.56. The lowest BCUT2D eigenvalue weighted by atomic mass is 9.94. The number of methoxy groups -OCH3 is 1. The molecule has 4 rings (SSSR count). The van der Waals surface area contributed by atoms with Crippen LogP contribution in [-0.2, 0) is 10.3 Å². The van der Waals surface area contributed by atoms with E-state index in [0.29, 0.717) is 17.1 Å². The number of furan rings is 1. The third kappa shape index (κ3) is 2.11. The number of amides is 1. The number of fused-ring (bicyclic) bond motifs is 2. The van der Waals surface area contributed by atoms with Crippen LogP contribution in [0.5, 0.6) is 5.75 Å². The van der Waals surface area contributed by atoms with Crippen LogP contribution in [0, 0.1) is 0 Å². The highest BCUT2D eigenvalue weighted by Gasteiger charge is 2.35. The van der Waals surface area contributed by atoms with Gasteiger partial charge in [-0.1, -0.05) is 0 Å². The van der Waals surface area contributed by atoms with Gasteiger partial charge in [-0.05, 0) is 44.2 Å². The van der Waals surface area contributed by atoms with Crippen LogP contribution < -0.4 is 10.1 Å². The quantitative estimate of drug-likeness (QED) is 0.760. The SMILES string of the molecule is COc1ccc(-c2ccco2)c2cc3c(nc12)NC(=O)OC3(C)C. The number of cyclic esters (lactones) is 1. The molecule has 122 valence electrons. The molecule has 0 spiro atoms. The van der Waals surface area contributed by atoms with Gasteiger partial charge in [0.25, 0.3) is 0 Å². The molecule has 3 aromatic rings. The van der Waals surface area contributed by atoms with E-state index in [-0.39, 0.29) is 0 Å². The molecule has 1 N–H and O–H groups in total. The van der Waals surface area contributed by atoms with E-state index < -0.39 is 11.7 Å². The average molecular weight is 324 g/mol. The number of hydrogen-bond acceptors (Lipinski definition) is 5. The largest absolute Gasteiger partial charge is 0.494 e. The van der Waals surface area contributed by atoms with Crippen molar-refractivity contribution in [1.29, 1.82) is 0 Å². The third-order valence-electron chi connectivity index (χ3n) is 4.17. The predicted octanol–water partition coefficient (Wildman–Crippen LogP) is 4.30. The normalized spacial score (nSPS) is 15.5. The zero-order valence-corrected chi connectivity index (χ0v) is 13.5. The molecule has 6 nitrogen and oxygen atoms in total. The maximum absolute atomic E-state index is 11.8. The fourth-order valence-electron chi connectivity index (χ4n) is 3.01. The molecule has 0 unspecified atom stereocenters. The van der Waals surface area contributed by atoms with Crippen molar-refractivity contribution in [2.24, 2.45) is 0 Å². The molecule has 2 aromatic heterocycles. The Labute approximate surface area is 138 Å². The number of pyridine rings is 1. The smallest absolute Gasteiger partial charge is 0.413 e. The van der Waals surface area contributed by atoms with Crippen molar-refractivity contribution in [2.75, 3.05) is 12.4 Å². The zero-order chi connectivity index (χ0) is 16.9. The molecule has 3 heterocycles. The van der Waals surface area contributed by atoms with Crippen molar-refractivity contribution in [3.05, 3.63) is 42.2 Å². The van der Waals surface area contributed by atoms with E-state index in [1.54, 1.807) is 13.4 Å². The molecule has 0 aliphatic carbocycles. The second-order valence-electron chi connectivity index (χ2n) is 6.10. The summed E-state index contributed by atoms with van der Waals surface area (Å²) in [6, 6.07) is 9.47. The summed E-state index contributed by atoms with van der Waals surface area (Å²) < 4.78 is 16.4. The lowest BCUT2D eigenvalue weighted by Crippen LogP contribution is -2.35. The predicted molar refractivity (Wildman–Crippen MR) is 89.1 cm³/mol. The van der Waals surface area contributed by atoms with E-state index in [0.717, 1.165) is 22.3 Å². The lowest BCUT2D eigenvalue weighted by Gasteiger charge is -2.32. The summed E-state index contributed by atoms with van der Waals surface area (Å²) in [4.78, 5) is 16.4. The van der Waals surface area contributed by atoms with Gasteiger partial charge in [-0.2, -0.15) is 0 Å². The van der Waals surface area contributed by atoms with Gasteiger partial charge in [-0.3, -0.25) is 5.32 Å². The number of carbonyl (C=O) groups excluding carboxylic acids is 1. The molecule has 0 fully saturated rings. The van der Waals surface area contributed by atoms with Crippen molar-refractivity contribution in [2.45, 2.75) is 19.4 Å². The summed E-state index contributed by atoms with van der Waals surface area (Å²) in [5, 5.41) is 3.53. The van der Waals surface area contributed by atoms with E-state index in [1.165, 1.54) is 0 Å². The van der Waals surface area contributed by atoms with E-state index >= 15 is 0 Å². The summed E-state index contributed by atoms with van der Waals surface area (Å²) in [5.74, 6) is 1.85. The summed E-state index contributed by atoms with van der Waals surface area (Å²) in [5.41, 5.74) is 1.58. The van der Waals surface area contributed by atoms with Crippen LogP contribution in [0.25, 0.3) is 22.2 Å². The fraction of sp³-hybridized carbons (Fsp3) is 0.222. The van der Waals surface area contributed by atoms with Gasteiger partial charge in [0, 0.05) is 16.5 Å². The molecule has 1 aromatic carbocycles. The maximum atomic E-state index is 11.8. The molecular formula is C18H16N2O4. The Balaban J connectivity index is 2.07. The Bertz CT molecular complexity index is 945. The minimum atomic E-state index is -0.775. The molecule has 1 aliphatic rings. The molecule has 6 heteroatoms. The first-order chi connectivity index (χ1) is 11.5. The number of carbonyl (C=O) groups is 1. The number of nitrogens with one attached hydrogen (secondary N) is 1. The third-order valence-corrected chi connectivity index (χ3v) is 4.17. The highest BCUT2D eigenvalue weighted by molar-refractivity contribution is 6.00. The van der Waals surface area contributed by atoms with Gasteiger partial charge in [0.2, 0.25) is 0 Å². The van der Waals surface area contributed by atoms with Crippen molar-refractivity contribution in [3.63, 3.8) is 0 Å². The van der Waals surface area contributed by atoms with Crippen LogP contribution in [0.1, 0.15) is 19.4 Å². The van der Waals surface area contributed by atoms with Crippen LogP contribution in [0.4, 0.5) is 10.6 Å². The van der Waals surface area contributed by atoms with E-state index in [2.05, 4.69) is 10.3 Å². The van der Waals surface area contributed by atoms with Gasteiger partial charge < -0.3 is 13.9 Å². The number of hydrogen-bond donors (Lipinski definition) is 1. The topological polar surface area (TPSA) is 73.6 Å². The highest BCUT2D eigenvalue weighted by Crippen LogP contribution is 2.41. The molecule has 1 aliphatic heterocycles. The van der Waals surface area contributed by atoms with Crippen molar-refractivity contribution in [1.82, 2.24) is 4.98 Å². The van der Waals surface area contributed by atoms with E-state index in [4.69, 9.17) is 13.9 Å². The summed E-state index contributed by atoms with van der Waals surface area (Å²) in [6.07, 6.45) is 1.12. The first-order valence-corrected chi connectivity index (χ1v) is 7.56. The van der Waals surface area contributed by atoms with E-state index in [9.17, 15) is 4.79 Å². The number of ether oxygens (including phenoxy) is 2.